The first-order valence-corrected chi connectivity index (χ1v) is 17.3. The average molecular weight is 604 g/mol. The zero-order valence-electron chi connectivity index (χ0n) is 24.3. The van der Waals surface area contributed by atoms with Gasteiger partial charge in [-0.3, -0.25) is 0 Å². The van der Waals surface area contributed by atoms with Crippen LogP contribution in [0.15, 0.2) is 124 Å². The fourth-order valence-corrected chi connectivity index (χ4v) is 9.58. The third-order valence-electron chi connectivity index (χ3n) is 8.45. The van der Waals surface area contributed by atoms with E-state index in [0.717, 1.165) is 25.9 Å². The Labute approximate surface area is 261 Å². The molecule has 5 aromatic rings. The van der Waals surface area contributed by atoms with E-state index in [1.165, 1.54) is 58.0 Å². The van der Waals surface area contributed by atoms with Gasteiger partial charge in [0.25, 0.3) is 5.01 Å². The summed E-state index contributed by atoms with van der Waals surface area (Å²) in [5, 5.41) is 4.81. The molecule has 1 aliphatic carbocycles. The number of anilines is 1. The predicted molar refractivity (Wildman–Crippen MR) is 183 cm³/mol. The number of thioether (sulfide) groups is 1. The second-order valence-electron chi connectivity index (χ2n) is 11.4. The van der Waals surface area contributed by atoms with Crippen molar-refractivity contribution < 1.29 is 4.57 Å². The Bertz CT molecular complexity index is 1840. The number of rotatable bonds is 6. The number of hydrogen-bond acceptors (Lipinski definition) is 4. The third kappa shape index (κ3) is 5.08. The monoisotopic (exact) mass is 603 g/mol. The molecule has 0 radical (unpaired) electrons. The van der Waals surface area contributed by atoms with Crippen molar-refractivity contribution in [3.8, 4) is 10.4 Å². The Morgan fingerprint density at radius 2 is 1.74 bits per heavy atom. The summed E-state index contributed by atoms with van der Waals surface area (Å²) in [6.07, 6.45) is 9.43. The molecule has 3 aromatic carbocycles. The molecule has 0 N–H and O–H groups in total. The number of aryl methyl sites for hydroxylation is 1. The number of allylic oxidation sites excluding steroid dienone is 4. The number of hydrogen-bond donors (Lipinski definition) is 0. The molecule has 3 heterocycles. The first-order chi connectivity index (χ1) is 20.5. The third-order valence-corrected chi connectivity index (χ3v) is 11.6. The minimum Gasteiger partial charge on any atom is -0.335 e. The normalized spacial score (nSPS) is 20.5. The van der Waals surface area contributed by atoms with Gasteiger partial charge >= 0.3 is 0 Å². The highest BCUT2D eigenvalue weighted by Gasteiger charge is 2.33. The number of thiazole rings is 1. The molecule has 0 fully saturated rings. The van der Waals surface area contributed by atoms with Crippen LogP contribution in [0.3, 0.4) is 0 Å². The molecule has 5 heteroatoms. The molecule has 7 rings (SSSR count). The van der Waals surface area contributed by atoms with Crippen LogP contribution >= 0.6 is 34.4 Å². The number of nitrogens with zero attached hydrogens (tertiary/aromatic N) is 2. The van der Waals surface area contributed by atoms with Gasteiger partial charge in [0.05, 0.1) is 10.7 Å². The summed E-state index contributed by atoms with van der Waals surface area (Å²) in [5.74, 6) is 0. The van der Waals surface area contributed by atoms with Crippen LogP contribution in [0.1, 0.15) is 44.2 Å². The van der Waals surface area contributed by atoms with Crippen molar-refractivity contribution in [2.75, 3.05) is 11.4 Å². The van der Waals surface area contributed by atoms with Crippen LogP contribution in [0.25, 0.3) is 26.7 Å². The van der Waals surface area contributed by atoms with Gasteiger partial charge in [0, 0.05) is 33.9 Å². The van der Waals surface area contributed by atoms with Crippen LogP contribution < -0.4 is 9.47 Å². The van der Waals surface area contributed by atoms with Crippen LogP contribution in [0.4, 0.5) is 5.69 Å². The van der Waals surface area contributed by atoms with Crippen molar-refractivity contribution in [3.63, 3.8) is 0 Å². The molecule has 210 valence electrons. The molecule has 1 unspecified atom stereocenters. The van der Waals surface area contributed by atoms with Crippen LogP contribution in [0.5, 0.6) is 0 Å². The molecule has 0 bridgehead atoms. The van der Waals surface area contributed by atoms with Crippen LogP contribution in [-0.2, 0) is 12.0 Å². The quantitative estimate of drug-likeness (QED) is 0.178. The van der Waals surface area contributed by atoms with E-state index in [1.54, 1.807) is 11.3 Å². The summed E-state index contributed by atoms with van der Waals surface area (Å²) < 4.78 is 3.81. The zero-order chi connectivity index (χ0) is 28.7. The predicted octanol–water partition coefficient (Wildman–Crippen LogP) is 10.5. The minimum absolute atomic E-state index is 0.0292. The first kappa shape index (κ1) is 27.5. The van der Waals surface area contributed by atoms with E-state index in [0.29, 0.717) is 0 Å². The summed E-state index contributed by atoms with van der Waals surface area (Å²) >= 11 is 5.61. The lowest BCUT2D eigenvalue weighted by Gasteiger charge is -2.35. The summed E-state index contributed by atoms with van der Waals surface area (Å²) in [4.78, 5) is 5.16. The van der Waals surface area contributed by atoms with Crippen molar-refractivity contribution in [2.45, 2.75) is 50.5 Å². The fourth-order valence-electron chi connectivity index (χ4n) is 6.47. The molecule has 1 atom stereocenters. The largest absolute Gasteiger partial charge is 0.335 e. The standard InChI is InChI=1S/C37H35N2S3/c1-4-38-30-14-9-10-15-33(30)41-35(38)21-26-20-27(25-37(3,24-26)29-12-7-6-8-13-29)22-36-39(5-2)31-23-28(17-18-34(31)42-36)32-16-11-19-40-32/h6-23H,4-5,24-25H2,1-3H3/q+1. The van der Waals surface area contributed by atoms with Gasteiger partial charge in [0.15, 0.2) is 0 Å². The maximum Gasteiger partial charge on any atom is 0.263 e. The van der Waals surface area contributed by atoms with E-state index in [4.69, 9.17) is 0 Å². The van der Waals surface area contributed by atoms with Crippen molar-refractivity contribution in [1.29, 1.82) is 0 Å². The van der Waals surface area contributed by atoms with E-state index >= 15 is 0 Å². The van der Waals surface area contributed by atoms with E-state index in [-0.39, 0.29) is 5.41 Å². The first-order valence-electron chi connectivity index (χ1n) is 14.8. The van der Waals surface area contributed by atoms with Gasteiger partial charge in [-0.1, -0.05) is 90.7 Å². The molecule has 42 heavy (non-hydrogen) atoms. The van der Waals surface area contributed by atoms with Gasteiger partial charge in [-0.25, -0.2) is 0 Å². The Kier molecular flexibility index (Phi) is 7.43. The van der Waals surface area contributed by atoms with Crippen LogP contribution in [-0.4, -0.2) is 6.54 Å². The smallest absolute Gasteiger partial charge is 0.263 e. The molecule has 0 saturated heterocycles. The summed E-state index contributed by atoms with van der Waals surface area (Å²) in [6, 6.07) is 31.2. The zero-order valence-corrected chi connectivity index (χ0v) is 26.8. The molecular weight excluding hydrogens is 569 g/mol. The lowest BCUT2D eigenvalue weighted by atomic mass is 9.69. The molecule has 1 aliphatic heterocycles. The van der Waals surface area contributed by atoms with Gasteiger partial charge < -0.3 is 4.90 Å². The fraction of sp³-hybridized carbons (Fsp3) is 0.216. The Balaban J connectivity index is 1.30. The van der Waals surface area contributed by atoms with Gasteiger partial charge in [0.2, 0.25) is 5.52 Å². The highest BCUT2D eigenvalue weighted by Crippen LogP contribution is 2.49. The van der Waals surface area contributed by atoms with Gasteiger partial charge in [-0.2, -0.15) is 4.57 Å². The minimum atomic E-state index is 0.0292. The topological polar surface area (TPSA) is 7.12 Å². The van der Waals surface area contributed by atoms with E-state index in [2.05, 4.69) is 139 Å². The number of benzene rings is 3. The summed E-state index contributed by atoms with van der Waals surface area (Å²) in [7, 11) is 0. The van der Waals surface area contributed by atoms with Gasteiger partial charge in [0.1, 0.15) is 11.2 Å². The Hall–Kier alpha value is -3.38. The molecule has 0 spiro atoms. The lowest BCUT2D eigenvalue weighted by molar-refractivity contribution is -0.665. The van der Waals surface area contributed by atoms with Crippen LogP contribution in [0.2, 0.25) is 0 Å². The molecule has 0 saturated carbocycles. The molecule has 2 aliphatic rings. The van der Waals surface area contributed by atoms with Crippen LogP contribution in [0, 0.1) is 0 Å². The second-order valence-corrected chi connectivity index (χ2v) is 14.4. The highest BCUT2D eigenvalue weighted by molar-refractivity contribution is 8.03. The molecule has 2 nitrogen and oxygen atoms in total. The number of thiophene rings is 1. The van der Waals surface area contributed by atoms with Crippen molar-refractivity contribution in [2.24, 2.45) is 0 Å². The molecule has 0 amide bonds. The van der Waals surface area contributed by atoms with Crippen molar-refractivity contribution >= 4 is 56.4 Å². The summed E-state index contributed by atoms with van der Waals surface area (Å²) in [5.41, 5.74) is 8.19. The van der Waals surface area contributed by atoms with E-state index in [9.17, 15) is 0 Å². The van der Waals surface area contributed by atoms with Crippen molar-refractivity contribution in [1.82, 2.24) is 0 Å². The SMILES string of the molecule is CCN1/C(=C/C2=CC(=C/c3sc4ccccc4[n+]3CC)/CC(C)(c3ccccc3)C2)Sc2ccc(-c3cccs3)cc21. The lowest BCUT2D eigenvalue weighted by Crippen LogP contribution is -2.33. The number of aromatic nitrogens is 1. The average Bonchev–Trinajstić information content (AvgIpc) is 3.74. The molecular formula is C37H35N2S3+. The maximum atomic E-state index is 2.49. The Morgan fingerprint density at radius 3 is 2.52 bits per heavy atom. The van der Waals surface area contributed by atoms with Crippen molar-refractivity contribution in [3.05, 3.63) is 129 Å². The Morgan fingerprint density at radius 1 is 0.905 bits per heavy atom. The summed E-state index contributed by atoms with van der Waals surface area (Å²) in [6.45, 7) is 8.88. The van der Waals surface area contributed by atoms with Gasteiger partial charge in [-0.05, 0) is 84.7 Å². The maximum absolute atomic E-state index is 2.49. The highest BCUT2D eigenvalue weighted by atomic mass is 32.2. The number of para-hydroxylation sites is 1. The van der Waals surface area contributed by atoms with E-state index < -0.39 is 0 Å². The number of fused-ring (bicyclic) bond motifs is 2. The molecule has 2 aromatic heterocycles. The second kappa shape index (κ2) is 11.4. The van der Waals surface area contributed by atoms with Gasteiger partial charge in [-0.15, -0.1) is 11.3 Å². The van der Waals surface area contributed by atoms with E-state index in [1.807, 2.05) is 23.1 Å².